The number of hydrogen-bond donors (Lipinski definition) is 2. The van der Waals surface area contributed by atoms with E-state index >= 15 is 0 Å². The van der Waals surface area contributed by atoms with Crippen molar-refractivity contribution in [2.24, 2.45) is 5.73 Å². The van der Waals surface area contributed by atoms with Crippen molar-refractivity contribution in [3.63, 3.8) is 0 Å². The zero-order valence-electron chi connectivity index (χ0n) is 15.5. The molecule has 0 aliphatic carbocycles. The Kier molecular flexibility index (Phi) is 5.68. The molecule has 7 heteroatoms. The van der Waals surface area contributed by atoms with Crippen molar-refractivity contribution in [3.05, 3.63) is 63.3 Å². The molecule has 0 fully saturated rings. The molecule has 1 amide bonds. The summed E-state index contributed by atoms with van der Waals surface area (Å²) in [6.45, 7) is 3.73. The number of nitrogens with two attached hydrogens (primary N) is 1. The quantitative estimate of drug-likeness (QED) is 0.609. The molecule has 28 heavy (non-hydrogen) atoms. The molecule has 0 bridgehead atoms. The lowest BCUT2D eigenvalue weighted by Crippen LogP contribution is -2.22. The first kappa shape index (κ1) is 20.2. The van der Waals surface area contributed by atoms with E-state index in [9.17, 15) is 14.7 Å². The number of hydrogen-bond acceptors (Lipinski definition) is 3. The topological polar surface area (TPSA) is 85.3 Å². The highest BCUT2D eigenvalue weighted by Crippen LogP contribution is 2.36. The van der Waals surface area contributed by atoms with Gasteiger partial charge in [-0.05, 0) is 55.3 Å². The second kappa shape index (κ2) is 7.86. The number of phenols is 1. The largest absolute Gasteiger partial charge is 0.508 e. The molecule has 0 saturated carbocycles. The van der Waals surface area contributed by atoms with Gasteiger partial charge in [0.2, 0.25) is 5.91 Å². The van der Waals surface area contributed by atoms with Crippen LogP contribution in [0.5, 0.6) is 5.75 Å². The van der Waals surface area contributed by atoms with Crippen molar-refractivity contribution in [2.75, 3.05) is 0 Å². The number of carbonyl (C=O) groups excluding carboxylic acids is 2. The van der Waals surface area contributed by atoms with Crippen LogP contribution in [0.3, 0.4) is 0 Å². The van der Waals surface area contributed by atoms with Crippen molar-refractivity contribution in [3.8, 4) is 5.75 Å². The number of benzene rings is 2. The fraction of sp³-hybridized carbons (Fsp3) is 0.238. The highest BCUT2D eigenvalue weighted by atomic mass is 35.5. The monoisotopic (exact) mass is 418 g/mol. The summed E-state index contributed by atoms with van der Waals surface area (Å²) in [5, 5.41) is 11.2. The minimum atomic E-state index is -0.558. The summed E-state index contributed by atoms with van der Waals surface area (Å²) >= 11 is 12.0. The number of aromatic hydroxyl groups is 1. The van der Waals surface area contributed by atoms with Crippen LogP contribution in [-0.4, -0.2) is 21.5 Å². The second-order valence-electron chi connectivity index (χ2n) is 6.71. The van der Waals surface area contributed by atoms with Gasteiger partial charge in [-0.25, -0.2) is 0 Å². The average Bonchev–Trinajstić information content (AvgIpc) is 2.92. The second-order valence-corrected chi connectivity index (χ2v) is 7.53. The highest BCUT2D eigenvalue weighted by molar-refractivity contribution is 6.42. The van der Waals surface area contributed by atoms with Crippen LogP contribution in [0.4, 0.5) is 0 Å². The van der Waals surface area contributed by atoms with Crippen molar-refractivity contribution in [2.45, 2.75) is 32.6 Å². The van der Waals surface area contributed by atoms with Gasteiger partial charge in [-0.3, -0.25) is 14.2 Å². The van der Waals surface area contributed by atoms with E-state index in [0.717, 1.165) is 6.42 Å². The van der Waals surface area contributed by atoms with E-state index in [2.05, 4.69) is 0 Å². The van der Waals surface area contributed by atoms with Gasteiger partial charge in [-0.1, -0.05) is 36.5 Å². The molecule has 1 heterocycles. The third-order valence-electron chi connectivity index (χ3n) is 4.88. The summed E-state index contributed by atoms with van der Waals surface area (Å²) in [6.07, 6.45) is 1.30. The predicted octanol–water partition coefficient (Wildman–Crippen LogP) is 5.02. The van der Waals surface area contributed by atoms with Gasteiger partial charge in [-0.15, -0.1) is 0 Å². The van der Waals surface area contributed by atoms with Gasteiger partial charge in [0.15, 0.2) is 0 Å². The van der Waals surface area contributed by atoms with Gasteiger partial charge < -0.3 is 10.8 Å². The van der Waals surface area contributed by atoms with Crippen LogP contribution in [0.15, 0.2) is 36.4 Å². The van der Waals surface area contributed by atoms with E-state index in [1.165, 1.54) is 16.7 Å². The lowest BCUT2D eigenvalue weighted by Gasteiger charge is -2.14. The average molecular weight is 419 g/mol. The van der Waals surface area contributed by atoms with Crippen LogP contribution >= 0.6 is 23.2 Å². The molecular formula is C21H20Cl2N2O3. The van der Waals surface area contributed by atoms with Crippen molar-refractivity contribution in [1.82, 2.24) is 4.57 Å². The fourth-order valence-corrected chi connectivity index (χ4v) is 3.91. The molecular weight excluding hydrogens is 399 g/mol. The Morgan fingerprint density at radius 2 is 1.86 bits per heavy atom. The molecule has 2 aromatic carbocycles. The molecule has 0 saturated heterocycles. The molecule has 0 radical (unpaired) electrons. The number of aromatic nitrogens is 1. The van der Waals surface area contributed by atoms with Crippen LogP contribution in [0.25, 0.3) is 10.9 Å². The molecule has 146 valence electrons. The summed E-state index contributed by atoms with van der Waals surface area (Å²) in [6, 6.07) is 9.38. The zero-order chi connectivity index (χ0) is 20.6. The number of phenolic OH excluding ortho intramolecular Hbond substituents is 1. The predicted molar refractivity (Wildman–Crippen MR) is 111 cm³/mol. The summed E-state index contributed by atoms with van der Waals surface area (Å²) in [5.74, 6) is -1.28. The number of fused-ring (bicyclic) bond motifs is 1. The highest BCUT2D eigenvalue weighted by Gasteiger charge is 2.28. The van der Waals surface area contributed by atoms with Crippen molar-refractivity contribution >= 4 is 45.9 Å². The third-order valence-corrected chi connectivity index (χ3v) is 5.61. The van der Waals surface area contributed by atoms with E-state index < -0.39 is 11.8 Å². The van der Waals surface area contributed by atoms with Crippen LogP contribution in [0.1, 0.15) is 47.3 Å². The maximum atomic E-state index is 13.3. The van der Waals surface area contributed by atoms with Gasteiger partial charge in [0.25, 0.3) is 5.91 Å². The van der Waals surface area contributed by atoms with Crippen molar-refractivity contribution in [1.29, 1.82) is 0 Å². The molecule has 1 unspecified atom stereocenters. The molecule has 3 N–H and O–H groups in total. The normalized spacial score (nSPS) is 12.3. The number of carbonyl (C=O) groups is 2. The van der Waals surface area contributed by atoms with Crippen LogP contribution in [-0.2, 0) is 4.79 Å². The lowest BCUT2D eigenvalue weighted by atomic mass is 9.91. The van der Waals surface area contributed by atoms with Crippen LogP contribution < -0.4 is 5.73 Å². The zero-order valence-corrected chi connectivity index (χ0v) is 17.0. The van der Waals surface area contributed by atoms with E-state index in [-0.39, 0.29) is 16.7 Å². The molecule has 1 aromatic heterocycles. The van der Waals surface area contributed by atoms with Gasteiger partial charge >= 0.3 is 0 Å². The Bertz CT molecular complexity index is 1090. The third kappa shape index (κ3) is 3.48. The maximum absolute atomic E-state index is 13.3. The van der Waals surface area contributed by atoms with Gasteiger partial charge in [0, 0.05) is 16.6 Å². The first-order valence-electron chi connectivity index (χ1n) is 8.89. The fourth-order valence-electron chi connectivity index (χ4n) is 3.61. The molecule has 0 aliphatic heterocycles. The summed E-state index contributed by atoms with van der Waals surface area (Å²) in [7, 11) is 0. The number of rotatable bonds is 5. The van der Waals surface area contributed by atoms with Gasteiger partial charge in [0.05, 0.1) is 21.5 Å². The first-order valence-corrected chi connectivity index (χ1v) is 9.64. The van der Waals surface area contributed by atoms with E-state index in [1.807, 2.05) is 6.92 Å². The Hall–Kier alpha value is -2.50. The standard InChI is InChI=1S/C21H20Cl2N2O3/c1-3-4-14(20(24)27)19-11(2)25(18-8-6-13(26)10-15(18)19)21(28)12-5-7-16(22)17(23)9-12/h5-10,14,26H,3-4H2,1-2H3,(H2,24,27). The van der Waals surface area contributed by atoms with E-state index in [0.29, 0.717) is 39.2 Å². The number of nitrogens with zero attached hydrogens (tertiary/aromatic N) is 1. The van der Waals surface area contributed by atoms with E-state index in [1.54, 1.807) is 31.2 Å². The van der Waals surface area contributed by atoms with Gasteiger partial charge in [-0.2, -0.15) is 0 Å². The van der Waals surface area contributed by atoms with Crippen LogP contribution in [0.2, 0.25) is 10.0 Å². The maximum Gasteiger partial charge on any atom is 0.262 e. The molecule has 0 aliphatic rings. The minimum absolute atomic E-state index is 0.0487. The Labute approximate surface area is 172 Å². The summed E-state index contributed by atoms with van der Waals surface area (Å²) in [4.78, 5) is 25.4. The smallest absolute Gasteiger partial charge is 0.262 e. The Morgan fingerprint density at radius 1 is 1.14 bits per heavy atom. The molecule has 5 nitrogen and oxygen atoms in total. The molecule has 3 rings (SSSR count). The van der Waals surface area contributed by atoms with Crippen molar-refractivity contribution < 1.29 is 14.7 Å². The van der Waals surface area contributed by atoms with Gasteiger partial charge in [0.1, 0.15) is 5.75 Å². The van der Waals surface area contributed by atoms with Crippen LogP contribution in [0, 0.1) is 6.92 Å². The molecule has 1 atom stereocenters. The lowest BCUT2D eigenvalue weighted by molar-refractivity contribution is -0.119. The summed E-state index contributed by atoms with van der Waals surface area (Å²) < 4.78 is 1.52. The van der Waals surface area contributed by atoms with E-state index in [4.69, 9.17) is 28.9 Å². The number of amides is 1. The molecule has 0 spiro atoms. The molecule has 3 aromatic rings. The number of primary amides is 1. The Balaban J connectivity index is 2.28. The first-order chi connectivity index (χ1) is 13.3. The SMILES string of the molecule is CCCC(C(N)=O)c1c(C)n(C(=O)c2ccc(Cl)c(Cl)c2)c2ccc(O)cc12. The minimum Gasteiger partial charge on any atom is -0.508 e. The summed E-state index contributed by atoms with van der Waals surface area (Å²) in [5.41, 5.74) is 7.87. The number of halogens is 2. The Morgan fingerprint density at radius 3 is 2.46 bits per heavy atom.